The van der Waals surface area contributed by atoms with Gasteiger partial charge in [0.1, 0.15) is 10.8 Å². The van der Waals surface area contributed by atoms with Gasteiger partial charge in [0.05, 0.1) is 6.54 Å². The van der Waals surface area contributed by atoms with Crippen molar-refractivity contribution in [2.24, 2.45) is 0 Å². The lowest BCUT2D eigenvalue weighted by Gasteiger charge is -2.06. The molecule has 2 rings (SSSR count). The van der Waals surface area contributed by atoms with Gasteiger partial charge in [-0.05, 0) is 23.8 Å². The van der Waals surface area contributed by atoms with Crippen LogP contribution in [-0.2, 0) is 6.54 Å². The Kier molecular flexibility index (Phi) is 3.20. The molecule has 1 aromatic heterocycles. The van der Waals surface area contributed by atoms with Crippen LogP contribution in [0, 0.1) is 5.82 Å². The van der Waals surface area contributed by atoms with E-state index in [9.17, 15) is 14.0 Å². The van der Waals surface area contributed by atoms with E-state index in [-0.39, 0.29) is 17.3 Å². The summed E-state index contributed by atoms with van der Waals surface area (Å²) in [6.45, 7) is 0.0668. The molecule has 3 N–H and O–H groups in total. The lowest BCUT2D eigenvalue weighted by molar-refractivity contribution is 0.622. The van der Waals surface area contributed by atoms with Crippen LogP contribution in [0.5, 0.6) is 0 Å². The van der Waals surface area contributed by atoms with Crippen molar-refractivity contribution in [3.63, 3.8) is 0 Å². The Hall–Kier alpha value is -2.08. The van der Waals surface area contributed by atoms with E-state index in [2.05, 4.69) is 4.98 Å². The Labute approximate surface area is 106 Å². The van der Waals surface area contributed by atoms with Gasteiger partial charge in [0.2, 0.25) is 0 Å². The normalized spacial score (nSPS) is 10.6. The highest BCUT2D eigenvalue weighted by atomic mass is 35.5. The predicted molar refractivity (Wildman–Crippen MR) is 66.2 cm³/mol. The standard InChI is InChI=1S/C11H9ClFN3O2/c12-9-5-16(11(18)15-10(9)17)4-6-1-7(13)3-8(14)2-6/h1-3,5H,4,14H2,(H,15,17,18). The fourth-order valence-electron chi connectivity index (χ4n) is 1.56. The molecule has 5 nitrogen and oxygen atoms in total. The number of nitrogen functional groups attached to an aromatic ring is 1. The molecule has 0 radical (unpaired) electrons. The number of nitrogens with one attached hydrogen (secondary N) is 1. The van der Waals surface area contributed by atoms with Crippen LogP contribution in [0.1, 0.15) is 5.56 Å². The quantitative estimate of drug-likeness (QED) is 0.797. The monoisotopic (exact) mass is 269 g/mol. The van der Waals surface area contributed by atoms with Crippen molar-refractivity contribution in [2.45, 2.75) is 6.54 Å². The number of aromatic nitrogens is 2. The van der Waals surface area contributed by atoms with Crippen molar-refractivity contribution < 1.29 is 4.39 Å². The van der Waals surface area contributed by atoms with Gasteiger partial charge in [0, 0.05) is 11.9 Å². The number of benzene rings is 1. The Morgan fingerprint density at radius 1 is 1.33 bits per heavy atom. The average Bonchev–Trinajstić information content (AvgIpc) is 2.24. The molecule has 0 fully saturated rings. The topological polar surface area (TPSA) is 80.9 Å². The lowest BCUT2D eigenvalue weighted by atomic mass is 10.2. The Morgan fingerprint density at radius 2 is 2.06 bits per heavy atom. The highest BCUT2D eigenvalue weighted by Crippen LogP contribution is 2.11. The van der Waals surface area contributed by atoms with Crippen molar-refractivity contribution in [2.75, 3.05) is 5.73 Å². The van der Waals surface area contributed by atoms with E-state index in [1.54, 1.807) is 0 Å². The number of halogens is 2. The van der Waals surface area contributed by atoms with Gasteiger partial charge in [-0.2, -0.15) is 0 Å². The summed E-state index contributed by atoms with van der Waals surface area (Å²) in [4.78, 5) is 24.6. The van der Waals surface area contributed by atoms with Crippen LogP contribution in [0.15, 0.2) is 34.0 Å². The maximum atomic E-state index is 13.1. The van der Waals surface area contributed by atoms with Crippen molar-refractivity contribution in [3.8, 4) is 0 Å². The molecule has 1 heterocycles. The number of aromatic amines is 1. The van der Waals surface area contributed by atoms with Gasteiger partial charge >= 0.3 is 5.69 Å². The van der Waals surface area contributed by atoms with E-state index < -0.39 is 17.1 Å². The van der Waals surface area contributed by atoms with Gasteiger partial charge in [-0.3, -0.25) is 14.3 Å². The maximum absolute atomic E-state index is 13.1. The number of nitrogens with zero attached hydrogens (tertiary/aromatic N) is 1. The number of hydrogen-bond acceptors (Lipinski definition) is 3. The number of rotatable bonds is 2. The number of anilines is 1. The summed E-state index contributed by atoms with van der Waals surface area (Å²) in [6.07, 6.45) is 1.20. The molecular weight excluding hydrogens is 261 g/mol. The summed E-state index contributed by atoms with van der Waals surface area (Å²) in [7, 11) is 0. The third-order valence-electron chi connectivity index (χ3n) is 2.30. The smallest absolute Gasteiger partial charge is 0.328 e. The number of H-pyrrole nitrogens is 1. The van der Waals surface area contributed by atoms with Gasteiger partial charge in [-0.15, -0.1) is 0 Å². The fourth-order valence-corrected chi connectivity index (χ4v) is 1.73. The van der Waals surface area contributed by atoms with E-state index in [0.29, 0.717) is 5.56 Å². The molecule has 0 bridgehead atoms. The molecule has 1 aromatic carbocycles. The first-order valence-electron chi connectivity index (χ1n) is 5.00. The van der Waals surface area contributed by atoms with Gasteiger partial charge in [0.25, 0.3) is 5.56 Å². The van der Waals surface area contributed by atoms with Crippen LogP contribution >= 0.6 is 11.6 Å². The van der Waals surface area contributed by atoms with Gasteiger partial charge in [-0.25, -0.2) is 9.18 Å². The van der Waals surface area contributed by atoms with E-state index in [4.69, 9.17) is 17.3 Å². The highest BCUT2D eigenvalue weighted by molar-refractivity contribution is 6.30. The summed E-state index contributed by atoms with van der Waals surface area (Å²) in [5.74, 6) is -0.492. The minimum atomic E-state index is -0.656. The van der Waals surface area contributed by atoms with Crippen LogP contribution in [0.3, 0.4) is 0 Å². The van der Waals surface area contributed by atoms with Gasteiger partial charge in [-0.1, -0.05) is 11.6 Å². The lowest BCUT2D eigenvalue weighted by Crippen LogP contribution is -2.29. The average molecular weight is 270 g/mol. The summed E-state index contributed by atoms with van der Waals surface area (Å²) in [5.41, 5.74) is 4.98. The van der Waals surface area contributed by atoms with E-state index in [1.165, 1.54) is 24.4 Å². The highest BCUT2D eigenvalue weighted by Gasteiger charge is 2.05. The maximum Gasteiger partial charge on any atom is 0.328 e. The van der Waals surface area contributed by atoms with Crippen LogP contribution < -0.4 is 17.0 Å². The molecule has 0 atom stereocenters. The summed E-state index contributed by atoms with van der Waals surface area (Å²) in [6, 6.07) is 3.96. The second-order valence-corrected chi connectivity index (χ2v) is 4.16. The molecule has 0 aliphatic carbocycles. The molecule has 0 spiro atoms. The Bertz CT molecular complexity index is 688. The second-order valence-electron chi connectivity index (χ2n) is 3.76. The molecular formula is C11H9ClFN3O2. The minimum absolute atomic E-state index is 0.0668. The summed E-state index contributed by atoms with van der Waals surface area (Å²) >= 11 is 5.61. The first kappa shape index (κ1) is 12.4. The van der Waals surface area contributed by atoms with Crippen molar-refractivity contribution >= 4 is 17.3 Å². The van der Waals surface area contributed by atoms with Gasteiger partial charge in [0.15, 0.2) is 0 Å². The Balaban J connectivity index is 2.43. The number of nitrogens with two attached hydrogens (primary N) is 1. The summed E-state index contributed by atoms with van der Waals surface area (Å²) in [5, 5.41) is -0.112. The minimum Gasteiger partial charge on any atom is -0.399 e. The van der Waals surface area contributed by atoms with E-state index in [1.807, 2.05) is 0 Å². The fraction of sp³-hybridized carbons (Fsp3) is 0.0909. The zero-order valence-electron chi connectivity index (χ0n) is 9.11. The third kappa shape index (κ3) is 2.60. The van der Waals surface area contributed by atoms with Crippen LogP contribution in [0.25, 0.3) is 0 Å². The zero-order valence-corrected chi connectivity index (χ0v) is 9.87. The summed E-state index contributed by atoms with van der Waals surface area (Å²) < 4.78 is 14.3. The van der Waals surface area contributed by atoms with Crippen LogP contribution in [0.4, 0.5) is 10.1 Å². The second kappa shape index (κ2) is 4.66. The predicted octanol–water partition coefficient (Wildman–Crippen LogP) is 0.960. The van der Waals surface area contributed by atoms with Crippen LogP contribution in [0.2, 0.25) is 5.02 Å². The molecule has 0 saturated carbocycles. The molecule has 0 amide bonds. The molecule has 0 unspecified atom stereocenters. The first-order valence-corrected chi connectivity index (χ1v) is 5.38. The number of hydrogen-bond donors (Lipinski definition) is 2. The first-order chi connectivity index (χ1) is 8.45. The molecule has 0 aliphatic rings. The Morgan fingerprint density at radius 3 is 2.72 bits per heavy atom. The third-order valence-corrected chi connectivity index (χ3v) is 2.57. The van der Waals surface area contributed by atoms with E-state index >= 15 is 0 Å². The molecule has 0 aliphatic heterocycles. The molecule has 2 aromatic rings. The van der Waals surface area contributed by atoms with E-state index in [0.717, 1.165) is 4.57 Å². The largest absolute Gasteiger partial charge is 0.399 e. The molecule has 0 saturated heterocycles. The van der Waals surface area contributed by atoms with Gasteiger partial charge < -0.3 is 5.73 Å². The van der Waals surface area contributed by atoms with Crippen molar-refractivity contribution in [3.05, 3.63) is 61.6 Å². The molecule has 94 valence electrons. The van der Waals surface area contributed by atoms with Crippen LogP contribution in [-0.4, -0.2) is 9.55 Å². The molecule has 7 heteroatoms. The van der Waals surface area contributed by atoms with Crippen molar-refractivity contribution in [1.82, 2.24) is 9.55 Å². The zero-order chi connectivity index (χ0) is 13.3. The van der Waals surface area contributed by atoms with Crippen molar-refractivity contribution in [1.29, 1.82) is 0 Å². The molecule has 18 heavy (non-hydrogen) atoms. The SMILES string of the molecule is Nc1cc(F)cc(Cn2cc(Cl)c(=O)[nH]c2=O)c1.